The van der Waals surface area contributed by atoms with Crippen LogP contribution in [0.5, 0.6) is 0 Å². The molecule has 23 heavy (non-hydrogen) atoms. The Morgan fingerprint density at radius 2 is 1.74 bits per heavy atom. The first-order valence-corrected chi connectivity index (χ1v) is 7.41. The van der Waals surface area contributed by atoms with Crippen LogP contribution < -0.4 is 5.43 Å². The van der Waals surface area contributed by atoms with Gasteiger partial charge in [-0.15, -0.1) is 0 Å². The van der Waals surface area contributed by atoms with Gasteiger partial charge in [0.05, 0.1) is 0 Å². The lowest BCUT2D eigenvalue weighted by Gasteiger charge is -2.11. The number of hydrogen-bond acceptors (Lipinski definition) is 2. The van der Waals surface area contributed by atoms with Crippen LogP contribution in [0.1, 0.15) is 15.9 Å². The zero-order valence-electron chi connectivity index (χ0n) is 11.4. The third-order valence-electron chi connectivity index (χ3n) is 2.74. The maximum Gasteiger partial charge on any atom is 0.435 e. The Labute approximate surface area is 143 Å². The molecule has 8 heteroatoms. The second-order valence-electron chi connectivity index (χ2n) is 4.42. The summed E-state index contributed by atoms with van der Waals surface area (Å²) in [5, 5.41) is 3.36. The highest BCUT2D eigenvalue weighted by atomic mass is 79.9. The summed E-state index contributed by atoms with van der Waals surface area (Å²) in [6, 6.07) is 11.3. The molecule has 0 unspecified atom stereocenters. The molecule has 0 saturated carbocycles. The SMILES string of the molecule is O=C(NN=C(c1cccc(Cl)c1)C(F)(F)F)c1ccc(Br)cc1. The van der Waals surface area contributed by atoms with E-state index in [2.05, 4.69) is 21.0 Å². The van der Waals surface area contributed by atoms with E-state index in [-0.39, 0.29) is 16.1 Å². The van der Waals surface area contributed by atoms with Crippen molar-refractivity contribution in [2.75, 3.05) is 0 Å². The number of nitrogens with zero attached hydrogens (tertiary/aromatic N) is 1. The number of hydrogen-bond donors (Lipinski definition) is 1. The van der Waals surface area contributed by atoms with Crippen molar-refractivity contribution >= 4 is 39.1 Å². The minimum Gasteiger partial charge on any atom is -0.267 e. The van der Waals surface area contributed by atoms with Crippen molar-refractivity contribution in [2.45, 2.75) is 6.18 Å². The Kier molecular flexibility index (Phi) is 5.43. The van der Waals surface area contributed by atoms with E-state index in [1.54, 1.807) is 12.1 Å². The molecule has 0 aliphatic rings. The molecule has 0 aliphatic heterocycles. The van der Waals surface area contributed by atoms with E-state index in [0.717, 1.165) is 10.5 Å². The maximum absolute atomic E-state index is 13.1. The minimum atomic E-state index is -4.74. The summed E-state index contributed by atoms with van der Waals surface area (Å²) < 4.78 is 40.1. The molecule has 0 aliphatic carbocycles. The highest BCUT2D eigenvalue weighted by molar-refractivity contribution is 9.10. The summed E-state index contributed by atoms with van der Waals surface area (Å²) in [5.74, 6) is -0.749. The topological polar surface area (TPSA) is 41.5 Å². The number of benzene rings is 2. The summed E-state index contributed by atoms with van der Waals surface area (Å²) >= 11 is 8.90. The molecule has 0 bridgehead atoms. The molecule has 120 valence electrons. The molecular formula is C15H9BrClF3N2O. The molecule has 0 spiro atoms. The van der Waals surface area contributed by atoms with E-state index in [4.69, 9.17) is 11.6 Å². The van der Waals surface area contributed by atoms with Gasteiger partial charge < -0.3 is 0 Å². The summed E-state index contributed by atoms with van der Waals surface area (Å²) in [7, 11) is 0. The second-order valence-corrected chi connectivity index (χ2v) is 5.77. The minimum absolute atomic E-state index is 0.138. The number of nitrogens with one attached hydrogen (secondary N) is 1. The number of amides is 1. The number of alkyl halides is 3. The van der Waals surface area contributed by atoms with Gasteiger partial charge in [-0.05, 0) is 36.4 Å². The highest BCUT2D eigenvalue weighted by Crippen LogP contribution is 2.24. The van der Waals surface area contributed by atoms with Crippen LogP contribution in [0.2, 0.25) is 5.02 Å². The van der Waals surface area contributed by atoms with Crippen molar-refractivity contribution in [1.29, 1.82) is 0 Å². The van der Waals surface area contributed by atoms with Crippen molar-refractivity contribution in [1.82, 2.24) is 5.43 Å². The first-order valence-electron chi connectivity index (χ1n) is 6.24. The average Bonchev–Trinajstić information content (AvgIpc) is 2.46. The molecule has 1 amide bonds. The fourth-order valence-corrected chi connectivity index (χ4v) is 2.15. The fourth-order valence-electron chi connectivity index (χ4n) is 1.70. The van der Waals surface area contributed by atoms with Crippen LogP contribution in [0.3, 0.4) is 0 Å². The first kappa shape index (κ1) is 17.5. The van der Waals surface area contributed by atoms with Gasteiger partial charge in [0.25, 0.3) is 5.91 Å². The lowest BCUT2D eigenvalue weighted by atomic mass is 10.1. The van der Waals surface area contributed by atoms with E-state index in [1.807, 2.05) is 5.43 Å². The number of rotatable bonds is 3. The Balaban J connectivity index is 2.28. The molecule has 1 N–H and O–H groups in total. The predicted octanol–water partition coefficient (Wildman–Crippen LogP) is 4.80. The average molecular weight is 406 g/mol. The zero-order chi connectivity index (χ0) is 17.0. The lowest BCUT2D eigenvalue weighted by molar-refractivity contribution is -0.0583. The molecule has 0 radical (unpaired) electrons. The van der Waals surface area contributed by atoms with E-state index in [1.165, 1.54) is 30.3 Å². The molecule has 0 aromatic heterocycles. The van der Waals surface area contributed by atoms with Crippen LogP contribution >= 0.6 is 27.5 Å². The van der Waals surface area contributed by atoms with E-state index in [0.29, 0.717) is 0 Å². The van der Waals surface area contributed by atoms with Gasteiger partial charge in [0.15, 0.2) is 5.71 Å². The zero-order valence-corrected chi connectivity index (χ0v) is 13.7. The van der Waals surface area contributed by atoms with Gasteiger partial charge >= 0.3 is 6.18 Å². The van der Waals surface area contributed by atoms with Crippen molar-refractivity contribution in [3.63, 3.8) is 0 Å². The summed E-state index contributed by atoms with van der Waals surface area (Å²) in [5.41, 5.74) is 0.632. The van der Waals surface area contributed by atoms with Gasteiger partial charge in [0, 0.05) is 20.6 Å². The molecule has 0 atom stereocenters. The van der Waals surface area contributed by atoms with Gasteiger partial charge in [-0.25, -0.2) is 5.43 Å². The van der Waals surface area contributed by atoms with Crippen LogP contribution in [0.15, 0.2) is 58.1 Å². The smallest absolute Gasteiger partial charge is 0.267 e. The Hall–Kier alpha value is -1.86. The van der Waals surface area contributed by atoms with Gasteiger partial charge in [-0.1, -0.05) is 39.7 Å². The summed E-state index contributed by atoms with van der Waals surface area (Å²) in [4.78, 5) is 11.9. The largest absolute Gasteiger partial charge is 0.435 e. The van der Waals surface area contributed by atoms with E-state index >= 15 is 0 Å². The molecule has 2 aromatic carbocycles. The second kappa shape index (κ2) is 7.14. The van der Waals surface area contributed by atoms with Crippen LogP contribution in [-0.4, -0.2) is 17.8 Å². The van der Waals surface area contributed by atoms with Gasteiger partial charge in [-0.2, -0.15) is 18.3 Å². The van der Waals surface area contributed by atoms with Crippen molar-refractivity contribution in [3.05, 3.63) is 69.2 Å². The Bertz CT molecular complexity index is 745. The van der Waals surface area contributed by atoms with Crippen LogP contribution in [0, 0.1) is 0 Å². The maximum atomic E-state index is 13.1. The van der Waals surface area contributed by atoms with Crippen molar-refractivity contribution in [3.8, 4) is 0 Å². The van der Waals surface area contributed by atoms with Crippen molar-refractivity contribution < 1.29 is 18.0 Å². The Morgan fingerprint density at radius 3 is 2.30 bits per heavy atom. The molecule has 2 rings (SSSR count). The van der Waals surface area contributed by atoms with Crippen LogP contribution in [-0.2, 0) is 0 Å². The highest BCUT2D eigenvalue weighted by Gasteiger charge is 2.37. The number of halogens is 5. The Morgan fingerprint density at radius 1 is 1.09 bits per heavy atom. The van der Waals surface area contributed by atoms with Gasteiger partial charge in [-0.3, -0.25) is 4.79 Å². The summed E-state index contributed by atoms with van der Waals surface area (Å²) in [6.45, 7) is 0. The third kappa shape index (κ3) is 4.80. The van der Waals surface area contributed by atoms with E-state index < -0.39 is 17.8 Å². The predicted molar refractivity (Wildman–Crippen MR) is 85.7 cm³/mol. The molecule has 0 saturated heterocycles. The summed E-state index contributed by atoms with van der Waals surface area (Å²) in [6.07, 6.45) is -4.74. The van der Waals surface area contributed by atoms with Gasteiger partial charge in [0.1, 0.15) is 0 Å². The molecule has 0 fully saturated rings. The molecule has 0 heterocycles. The number of carbonyl (C=O) groups excluding carboxylic acids is 1. The molecular weight excluding hydrogens is 397 g/mol. The van der Waals surface area contributed by atoms with E-state index in [9.17, 15) is 18.0 Å². The fraction of sp³-hybridized carbons (Fsp3) is 0.0667. The monoisotopic (exact) mass is 404 g/mol. The van der Waals surface area contributed by atoms with Gasteiger partial charge in [0.2, 0.25) is 0 Å². The third-order valence-corrected chi connectivity index (χ3v) is 3.51. The quantitative estimate of drug-likeness (QED) is 0.578. The van der Waals surface area contributed by atoms with Crippen LogP contribution in [0.25, 0.3) is 0 Å². The normalized spacial score (nSPS) is 12.1. The lowest BCUT2D eigenvalue weighted by Crippen LogP contribution is -2.29. The first-order chi connectivity index (χ1) is 10.8. The molecule has 3 nitrogen and oxygen atoms in total. The van der Waals surface area contributed by atoms with Crippen LogP contribution in [0.4, 0.5) is 13.2 Å². The van der Waals surface area contributed by atoms with Crippen molar-refractivity contribution in [2.24, 2.45) is 5.10 Å². The standard InChI is InChI=1S/C15H9BrClF3N2O/c16-11-6-4-9(5-7-11)14(23)22-21-13(15(18,19)20)10-2-1-3-12(17)8-10/h1-8H,(H,22,23). The number of carbonyl (C=O) groups is 1. The molecule has 2 aromatic rings. The number of hydrazone groups is 1.